The zero-order valence-electron chi connectivity index (χ0n) is 10.5. The fourth-order valence-corrected chi connectivity index (χ4v) is 1.08. The first-order chi connectivity index (χ1) is 8.41. The van der Waals surface area contributed by atoms with Crippen LogP contribution < -0.4 is 0 Å². The molecule has 0 fully saturated rings. The Labute approximate surface area is 109 Å². The minimum absolute atomic E-state index is 0.578. The number of methoxy groups -OCH3 is 1. The van der Waals surface area contributed by atoms with Crippen LogP contribution in [0, 0.1) is 0 Å². The molecule has 0 aliphatic heterocycles. The van der Waals surface area contributed by atoms with Crippen LogP contribution in [0.1, 0.15) is 0 Å². The summed E-state index contributed by atoms with van der Waals surface area (Å²) < 4.78 is 25.8. The summed E-state index contributed by atoms with van der Waals surface area (Å²) in [6.07, 6.45) is 0. The van der Waals surface area contributed by atoms with Gasteiger partial charge in [0.25, 0.3) is 0 Å². The van der Waals surface area contributed by atoms with Gasteiger partial charge in [-0.15, -0.1) is 0 Å². The predicted molar refractivity (Wildman–Crippen MR) is 67.4 cm³/mol. The van der Waals surface area contributed by atoms with Gasteiger partial charge in [-0.05, 0) is 0 Å². The third kappa shape index (κ3) is 16.1. The van der Waals surface area contributed by atoms with Gasteiger partial charge in [0, 0.05) is 13.7 Å². The van der Waals surface area contributed by atoms with Crippen molar-refractivity contribution in [2.24, 2.45) is 0 Å². The van der Waals surface area contributed by atoms with Crippen molar-refractivity contribution in [3.8, 4) is 0 Å². The Balaban J connectivity index is 2.85. The van der Waals surface area contributed by atoms with Gasteiger partial charge in [-0.1, -0.05) is 0 Å². The zero-order valence-corrected chi connectivity index (χ0v) is 11.3. The molecule has 0 aromatic carbocycles. The highest BCUT2D eigenvalue weighted by atomic mass is 32.1. The molecule has 0 atom stereocenters. The average molecular weight is 267 g/mol. The molecule has 0 aliphatic carbocycles. The first-order valence-electron chi connectivity index (χ1n) is 5.79. The third-order valence-electron chi connectivity index (χ3n) is 1.78. The van der Waals surface area contributed by atoms with E-state index in [1.807, 2.05) is 0 Å². The minimum atomic E-state index is 0.578. The summed E-state index contributed by atoms with van der Waals surface area (Å²) in [4.78, 5) is 0. The van der Waals surface area contributed by atoms with Gasteiger partial charge in [-0.25, -0.2) is 0 Å². The maximum atomic E-state index is 5.29. The second-order valence-electron chi connectivity index (χ2n) is 3.15. The molecular formula is C11H23O5S-. The van der Waals surface area contributed by atoms with Crippen LogP contribution in [0.3, 0.4) is 0 Å². The molecule has 17 heavy (non-hydrogen) atoms. The van der Waals surface area contributed by atoms with Crippen molar-refractivity contribution in [1.82, 2.24) is 0 Å². The van der Waals surface area contributed by atoms with E-state index < -0.39 is 0 Å². The number of ether oxygens (including phenoxy) is 5. The summed E-state index contributed by atoms with van der Waals surface area (Å²) in [7, 11) is 1.65. The van der Waals surface area contributed by atoms with E-state index in [1.165, 1.54) is 0 Å². The topological polar surface area (TPSA) is 46.2 Å². The minimum Gasteiger partial charge on any atom is -0.790 e. The van der Waals surface area contributed by atoms with Gasteiger partial charge in [0.1, 0.15) is 0 Å². The lowest BCUT2D eigenvalue weighted by Gasteiger charge is -2.08. The maximum Gasteiger partial charge on any atom is 0.0701 e. The molecule has 6 heteroatoms. The fraction of sp³-hybridized carbons (Fsp3) is 1.00. The number of hydrogen-bond acceptors (Lipinski definition) is 6. The van der Waals surface area contributed by atoms with Crippen molar-refractivity contribution < 1.29 is 23.7 Å². The molecule has 0 aromatic heterocycles. The first-order valence-corrected chi connectivity index (χ1v) is 6.37. The predicted octanol–water partition coefficient (Wildman–Crippen LogP) is 0.246. The van der Waals surface area contributed by atoms with Crippen molar-refractivity contribution in [3.63, 3.8) is 0 Å². The summed E-state index contributed by atoms with van der Waals surface area (Å²) in [6.45, 7) is 5.35. The SMILES string of the molecule is COCCOCCOCCOCCOCC[S-]. The van der Waals surface area contributed by atoms with Crippen molar-refractivity contribution in [1.29, 1.82) is 0 Å². The lowest BCUT2D eigenvalue weighted by molar-refractivity contribution is -0.00659. The maximum absolute atomic E-state index is 5.29. The van der Waals surface area contributed by atoms with Crippen molar-refractivity contribution in [2.75, 3.05) is 72.3 Å². The van der Waals surface area contributed by atoms with Crippen molar-refractivity contribution >= 4 is 12.6 Å². The second kappa shape index (κ2) is 16.1. The quantitative estimate of drug-likeness (QED) is 0.332. The molecule has 0 rings (SSSR count). The summed E-state index contributed by atoms with van der Waals surface area (Å²) in [5, 5.41) is 0. The van der Waals surface area contributed by atoms with E-state index in [2.05, 4.69) is 0 Å². The second-order valence-corrected chi connectivity index (χ2v) is 3.55. The standard InChI is InChI=1S/C11H24O5S/c1-12-2-3-13-4-5-14-6-7-15-8-9-16-10-11-17/h17H,2-11H2,1H3/p-1. The van der Waals surface area contributed by atoms with Gasteiger partial charge >= 0.3 is 0 Å². The van der Waals surface area contributed by atoms with Crippen molar-refractivity contribution in [3.05, 3.63) is 0 Å². The van der Waals surface area contributed by atoms with E-state index in [1.54, 1.807) is 7.11 Å². The Morgan fingerprint density at radius 2 is 0.941 bits per heavy atom. The zero-order chi connectivity index (χ0) is 12.6. The largest absolute Gasteiger partial charge is 0.790 e. The highest BCUT2D eigenvalue weighted by molar-refractivity contribution is 7.58. The Morgan fingerprint density at radius 3 is 1.29 bits per heavy atom. The van der Waals surface area contributed by atoms with Gasteiger partial charge in [0.05, 0.1) is 52.9 Å². The Hall–Kier alpha value is 0.150. The van der Waals surface area contributed by atoms with Crippen LogP contribution in [-0.2, 0) is 36.3 Å². The third-order valence-corrected chi connectivity index (χ3v) is 1.94. The van der Waals surface area contributed by atoms with Gasteiger partial charge in [0.15, 0.2) is 0 Å². The van der Waals surface area contributed by atoms with E-state index in [-0.39, 0.29) is 0 Å². The molecule has 0 amide bonds. The molecule has 0 bridgehead atoms. The number of hydrogen-bond donors (Lipinski definition) is 0. The van der Waals surface area contributed by atoms with E-state index in [4.69, 9.17) is 36.3 Å². The molecule has 0 N–H and O–H groups in total. The molecule has 5 nitrogen and oxygen atoms in total. The normalized spacial score (nSPS) is 10.9. The van der Waals surface area contributed by atoms with E-state index in [9.17, 15) is 0 Å². The van der Waals surface area contributed by atoms with E-state index in [0.717, 1.165) is 0 Å². The lowest BCUT2D eigenvalue weighted by Crippen LogP contribution is -2.13. The van der Waals surface area contributed by atoms with Crippen LogP contribution in [-0.4, -0.2) is 72.3 Å². The molecule has 0 saturated carbocycles. The van der Waals surface area contributed by atoms with Crippen LogP contribution in [0.25, 0.3) is 0 Å². The molecule has 0 saturated heterocycles. The Morgan fingerprint density at radius 1 is 0.588 bits per heavy atom. The lowest BCUT2D eigenvalue weighted by atomic mass is 10.7. The molecular weight excluding hydrogens is 244 g/mol. The van der Waals surface area contributed by atoms with Crippen LogP contribution in [0.4, 0.5) is 0 Å². The fourth-order valence-electron chi connectivity index (χ4n) is 0.963. The summed E-state index contributed by atoms with van der Waals surface area (Å²) in [5.41, 5.74) is 0. The summed E-state index contributed by atoms with van der Waals surface area (Å²) >= 11 is 4.73. The average Bonchev–Trinajstić information content (AvgIpc) is 2.35. The molecule has 0 aromatic rings. The Kier molecular flexibility index (Phi) is 16.3. The van der Waals surface area contributed by atoms with Crippen LogP contribution in [0.15, 0.2) is 0 Å². The first kappa shape index (κ1) is 17.2. The van der Waals surface area contributed by atoms with E-state index in [0.29, 0.717) is 65.2 Å². The van der Waals surface area contributed by atoms with Gasteiger partial charge in [-0.3, -0.25) is 0 Å². The smallest absolute Gasteiger partial charge is 0.0701 e. The van der Waals surface area contributed by atoms with E-state index >= 15 is 0 Å². The summed E-state index contributed by atoms with van der Waals surface area (Å²) in [5.74, 6) is 0.631. The van der Waals surface area contributed by atoms with Gasteiger partial charge in [0.2, 0.25) is 0 Å². The molecule has 0 spiro atoms. The highest BCUT2D eigenvalue weighted by Crippen LogP contribution is 1.82. The van der Waals surface area contributed by atoms with Crippen LogP contribution in [0.2, 0.25) is 0 Å². The van der Waals surface area contributed by atoms with Gasteiger partial charge in [-0.2, -0.15) is 5.75 Å². The number of rotatable bonds is 14. The molecule has 0 radical (unpaired) electrons. The highest BCUT2D eigenvalue weighted by Gasteiger charge is 1.91. The molecule has 0 aliphatic rings. The summed E-state index contributed by atoms with van der Waals surface area (Å²) in [6, 6.07) is 0. The van der Waals surface area contributed by atoms with Crippen LogP contribution in [0.5, 0.6) is 0 Å². The van der Waals surface area contributed by atoms with Crippen LogP contribution >= 0.6 is 0 Å². The Bertz CT molecular complexity index is 123. The molecule has 0 unspecified atom stereocenters. The monoisotopic (exact) mass is 267 g/mol. The van der Waals surface area contributed by atoms with Crippen molar-refractivity contribution in [2.45, 2.75) is 0 Å². The molecule has 104 valence electrons. The molecule has 0 heterocycles. The van der Waals surface area contributed by atoms with Gasteiger partial charge < -0.3 is 36.3 Å².